The first-order chi connectivity index (χ1) is 10.1. The SMILES string of the molecule is CCNCc1cccc(Br)c1OCc1nc(C(C)C)no1. The Morgan fingerprint density at radius 3 is 2.86 bits per heavy atom. The lowest BCUT2D eigenvalue weighted by molar-refractivity contribution is 0.239. The van der Waals surface area contributed by atoms with Crippen molar-refractivity contribution in [2.24, 2.45) is 0 Å². The molecule has 114 valence electrons. The molecule has 6 heteroatoms. The van der Waals surface area contributed by atoms with Crippen LogP contribution in [0.3, 0.4) is 0 Å². The molecule has 1 N–H and O–H groups in total. The molecule has 1 heterocycles. The van der Waals surface area contributed by atoms with Crippen molar-refractivity contribution >= 4 is 15.9 Å². The largest absolute Gasteiger partial charge is 0.482 e. The van der Waals surface area contributed by atoms with Crippen molar-refractivity contribution in [1.29, 1.82) is 0 Å². The number of benzene rings is 1. The van der Waals surface area contributed by atoms with Crippen LogP contribution in [0.15, 0.2) is 27.2 Å². The number of hydrogen-bond donors (Lipinski definition) is 1. The Hall–Kier alpha value is -1.40. The van der Waals surface area contributed by atoms with Gasteiger partial charge in [-0.05, 0) is 28.5 Å². The zero-order valence-corrected chi connectivity index (χ0v) is 14.1. The monoisotopic (exact) mass is 353 g/mol. The first-order valence-electron chi connectivity index (χ1n) is 7.05. The third-order valence-electron chi connectivity index (χ3n) is 2.95. The molecule has 21 heavy (non-hydrogen) atoms. The maximum atomic E-state index is 5.86. The Kier molecular flexibility index (Phi) is 5.76. The highest BCUT2D eigenvalue weighted by Gasteiger charge is 2.13. The number of nitrogens with one attached hydrogen (secondary N) is 1. The highest BCUT2D eigenvalue weighted by molar-refractivity contribution is 9.10. The molecule has 0 radical (unpaired) electrons. The molecule has 0 atom stereocenters. The quantitative estimate of drug-likeness (QED) is 0.823. The fourth-order valence-corrected chi connectivity index (χ4v) is 2.33. The molecule has 1 aromatic heterocycles. The molecule has 1 aromatic carbocycles. The predicted octanol–water partition coefficient (Wildman–Crippen LogP) is 3.64. The van der Waals surface area contributed by atoms with Gasteiger partial charge in [0, 0.05) is 18.0 Å². The molecular formula is C15H20BrN3O2. The minimum Gasteiger partial charge on any atom is -0.482 e. The van der Waals surface area contributed by atoms with Gasteiger partial charge in [0.15, 0.2) is 12.4 Å². The minimum atomic E-state index is 0.246. The number of para-hydroxylation sites is 1. The van der Waals surface area contributed by atoms with Crippen molar-refractivity contribution in [1.82, 2.24) is 15.5 Å². The summed E-state index contributed by atoms with van der Waals surface area (Å²) < 4.78 is 12.0. The lowest BCUT2D eigenvalue weighted by Crippen LogP contribution is -2.13. The van der Waals surface area contributed by atoms with E-state index >= 15 is 0 Å². The summed E-state index contributed by atoms with van der Waals surface area (Å²) in [4.78, 5) is 4.31. The summed E-state index contributed by atoms with van der Waals surface area (Å²) in [5.41, 5.74) is 1.09. The first-order valence-corrected chi connectivity index (χ1v) is 7.84. The second-order valence-electron chi connectivity index (χ2n) is 5.00. The van der Waals surface area contributed by atoms with Crippen molar-refractivity contribution in [2.75, 3.05) is 6.54 Å². The summed E-state index contributed by atoms with van der Waals surface area (Å²) in [7, 11) is 0. The maximum absolute atomic E-state index is 5.86. The molecule has 0 saturated heterocycles. The zero-order valence-electron chi connectivity index (χ0n) is 12.5. The molecular weight excluding hydrogens is 334 g/mol. The summed E-state index contributed by atoms with van der Waals surface area (Å²) in [6.07, 6.45) is 0. The van der Waals surface area contributed by atoms with Crippen LogP contribution in [0.25, 0.3) is 0 Å². The zero-order chi connectivity index (χ0) is 15.2. The average molecular weight is 354 g/mol. The molecule has 0 aliphatic carbocycles. The van der Waals surface area contributed by atoms with Gasteiger partial charge < -0.3 is 14.6 Å². The number of nitrogens with zero attached hydrogens (tertiary/aromatic N) is 2. The summed E-state index contributed by atoms with van der Waals surface area (Å²) in [5, 5.41) is 7.23. The van der Waals surface area contributed by atoms with Gasteiger partial charge in [0.25, 0.3) is 5.89 Å². The Bertz CT molecular complexity index is 584. The Balaban J connectivity index is 2.07. The van der Waals surface area contributed by atoms with Gasteiger partial charge in [-0.15, -0.1) is 0 Å². The summed E-state index contributed by atoms with van der Waals surface area (Å²) >= 11 is 3.52. The molecule has 0 aliphatic rings. The minimum absolute atomic E-state index is 0.246. The van der Waals surface area contributed by atoms with Crippen LogP contribution in [-0.2, 0) is 13.2 Å². The Morgan fingerprint density at radius 2 is 2.19 bits per heavy atom. The molecule has 0 aliphatic heterocycles. The topological polar surface area (TPSA) is 60.2 Å². The van der Waals surface area contributed by atoms with Crippen molar-refractivity contribution in [3.05, 3.63) is 40.0 Å². The van der Waals surface area contributed by atoms with Crippen LogP contribution < -0.4 is 10.1 Å². The van der Waals surface area contributed by atoms with Crippen molar-refractivity contribution < 1.29 is 9.26 Å². The van der Waals surface area contributed by atoms with Gasteiger partial charge in [0.2, 0.25) is 0 Å². The van der Waals surface area contributed by atoms with E-state index in [1.807, 2.05) is 32.0 Å². The second-order valence-corrected chi connectivity index (χ2v) is 5.85. The van der Waals surface area contributed by atoms with Gasteiger partial charge in [0.05, 0.1) is 4.47 Å². The van der Waals surface area contributed by atoms with Crippen LogP contribution in [0.5, 0.6) is 5.75 Å². The lowest BCUT2D eigenvalue weighted by atomic mass is 10.2. The van der Waals surface area contributed by atoms with Crippen molar-refractivity contribution in [3.63, 3.8) is 0 Å². The molecule has 2 aromatic rings. The third kappa shape index (κ3) is 4.28. The first kappa shape index (κ1) is 16.0. The fraction of sp³-hybridized carbons (Fsp3) is 0.467. The second kappa shape index (κ2) is 7.56. The number of hydrogen-bond acceptors (Lipinski definition) is 5. The van der Waals surface area contributed by atoms with Crippen LogP contribution in [0.4, 0.5) is 0 Å². The summed E-state index contributed by atoms with van der Waals surface area (Å²) in [6, 6.07) is 5.99. The van der Waals surface area contributed by atoms with Crippen LogP contribution in [-0.4, -0.2) is 16.7 Å². The van der Waals surface area contributed by atoms with E-state index in [9.17, 15) is 0 Å². The van der Waals surface area contributed by atoms with Gasteiger partial charge in [-0.3, -0.25) is 0 Å². The molecule has 2 rings (SSSR count). The number of rotatable bonds is 7. The summed E-state index contributed by atoms with van der Waals surface area (Å²) in [6.45, 7) is 8.06. The predicted molar refractivity (Wildman–Crippen MR) is 84.2 cm³/mol. The standard InChI is InChI=1S/C15H20BrN3O2/c1-4-17-8-11-6-5-7-12(16)14(11)20-9-13-18-15(10(2)3)19-21-13/h5-7,10,17H,4,8-9H2,1-3H3. The fourth-order valence-electron chi connectivity index (χ4n) is 1.81. The van der Waals surface area contributed by atoms with E-state index in [4.69, 9.17) is 9.26 Å². The van der Waals surface area contributed by atoms with E-state index in [0.717, 1.165) is 28.9 Å². The van der Waals surface area contributed by atoms with Gasteiger partial charge in [-0.25, -0.2) is 0 Å². The van der Waals surface area contributed by atoms with Crippen molar-refractivity contribution in [3.8, 4) is 5.75 Å². The Labute approximate surface area is 133 Å². The molecule has 0 saturated carbocycles. The molecule has 5 nitrogen and oxygen atoms in total. The third-order valence-corrected chi connectivity index (χ3v) is 3.58. The van der Waals surface area contributed by atoms with E-state index in [1.54, 1.807) is 0 Å². The van der Waals surface area contributed by atoms with Gasteiger partial charge in [0.1, 0.15) is 5.75 Å². The van der Waals surface area contributed by atoms with E-state index < -0.39 is 0 Å². The van der Waals surface area contributed by atoms with Crippen LogP contribution in [0, 0.1) is 0 Å². The number of ether oxygens (including phenoxy) is 1. The highest BCUT2D eigenvalue weighted by Crippen LogP contribution is 2.29. The van der Waals surface area contributed by atoms with E-state index in [0.29, 0.717) is 11.7 Å². The number of halogens is 1. The van der Waals surface area contributed by atoms with E-state index in [2.05, 4.69) is 38.3 Å². The molecule has 0 spiro atoms. The Morgan fingerprint density at radius 1 is 1.38 bits per heavy atom. The van der Waals surface area contributed by atoms with Gasteiger partial charge >= 0.3 is 0 Å². The number of aromatic nitrogens is 2. The average Bonchev–Trinajstić information content (AvgIpc) is 2.93. The molecule has 0 unspecified atom stereocenters. The van der Waals surface area contributed by atoms with Crippen molar-refractivity contribution in [2.45, 2.75) is 39.8 Å². The van der Waals surface area contributed by atoms with Crippen LogP contribution >= 0.6 is 15.9 Å². The van der Waals surface area contributed by atoms with Gasteiger partial charge in [-0.1, -0.05) is 38.1 Å². The molecule has 0 amide bonds. The molecule has 0 fully saturated rings. The van der Waals surface area contributed by atoms with Crippen LogP contribution in [0.2, 0.25) is 0 Å². The molecule has 0 bridgehead atoms. The smallest absolute Gasteiger partial charge is 0.264 e. The normalized spacial score (nSPS) is 11.1. The van der Waals surface area contributed by atoms with Crippen LogP contribution in [0.1, 0.15) is 44.0 Å². The summed E-state index contributed by atoms with van der Waals surface area (Å²) in [5.74, 6) is 2.25. The lowest BCUT2D eigenvalue weighted by Gasteiger charge is -2.12. The van der Waals surface area contributed by atoms with E-state index in [1.165, 1.54) is 0 Å². The highest BCUT2D eigenvalue weighted by atomic mass is 79.9. The van der Waals surface area contributed by atoms with Gasteiger partial charge in [-0.2, -0.15) is 4.98 Å². The van der Waals surface area contributed by atoms with E-state index in [-0.39, 0.29) is 12.5 Å². The maximum Gasteiger partial charge on any atom is 0.264 e.